The zero-order chi connectivity index (χ0) is 10.9. The highest BCUT2D eigenvalue weighted by Gasteiger charge is 2.61. The van der Waals surface area contributed by atoms with Crippen LogP contribution < -0.4 is 0 Å². The Labute approximate surface area is 97.7 Å². The van der Waals surface area contributed by atoms with Gasteiger partial charge in [-0.2, -0.15) is 0 Å². The quantitative estimate of drug-likeness (QED) is 0.589. The lowest BCUT2D eigenvalue weighted by atomic mass is 9.91. The van der Waals surface area contributed by atoms with Crippen LogP contribution in [-0.2, 0) is 9.47 Å². The molecule has 2 heteroatoms. The van der Waals surface area contributed by atoms with E-state index in [1.54, 1.807) is 0 Å². The summed E-state index contributed by atoms with van der Waals surface area (Å²) in [4.78, 5) is 0. The second-order valence-electron chi connectivity index (χ2n) is 6.73. The molecule has 2 aliphatic heterocycles. The second-order valence-corrected chi connectivity index (χ2v) is 6.73. The first-order valence-corrected chi connectivity index (χ1v) is 7.03. The maximum absolute atomic E-state index is 5.51. The molecule has 0 aromatic rings. The predicted octanol–water partition coefficient (Wildman–Crippen LogP) is 2.61. The Morgan fingerprint density at radius 3 is 2.00 bits per heavy atom. The molecule has 3 aliphatic carbocycles. The third kappa shape index (κ3) is 1.46. The maximum Gasteiger partial charge on any atom is 0.0875 e. The summed E-state index contributed by atoms with van der Waals surface area (Å²) in [6.07, 6.45) is 8.41. The van der Waals surface area contributed by atoms with Gasteiger partial charge in [0.15, 0.2) is 0 Å². The van der Waals surface area contributed by atoms with Crippen LogP contribution in [0.5, 0.6) is 0 Å². The summed E-state index contributed by atoms with van der Waals surface area (Å²) < 4.78 is 10.7. The summed E-state index contributed by atoms with van der Waals surface area (Å²) in [6.45, 7) is 4.68. The van der Waals surface area contributed by atoms with Gasteiger partial charge in [-0.3, -0.25) is 0 Å². The first kappa shape index (κ1) is 9.90. The largest absolute Gasteiger partial charge is 0.370 e. The molecular weight excluding hydrogens is 200 g/mol. The minimum atomic E-state index is 0.690. The minimum Gasteiger partial charge on any atom is -0.370 e. The Balaban J connectivity index is 0.0000000935. The van der Waals surface area contributed by atoms with Gasteiger partial charge in [0.05, 0.1) is 24.4 Å². The first-order chi connectivity index (χ1) is 7.72. The van der Waals surface area contributed by atoms with Crippen molar-refractivity contribution in [1.29, 1.82) is 0 Å². The Bertz CT molecular complexity index is 289. The molecule has 5 rings (SSSR count). The summed E-state index contributed by atoms with van der Waals surface area (Å²) >= 11 is 0. The zero-order valence-corrected chi connectivity index (χ0v) is 10.3. The molecule has 16 heavy (non-hydrogen) atoms. The number of fused-ring (bicyclic) bond motifs is 6. The lowest BCUT2D eigenvalue weighted by molar-refractivity contribution is 0.254. The third-order valence-electron chi connectivity index (χ3n) is 5.39. The Kier molecular flexibility index (Phi) is 2.00. The number of hydrogen-bond donors (Lipinski definition) is 0. The Morgan fingerprint density at radius 2 is 1.56 bits per heavy atom. The summed E-state index contributed by atoms with van der Waals surface area (Å²) in [5.74, 6) is 3.84. The molecule has 0 aromatic carbocycles. The molecule has 2 heterocycles. The predicted molar refractivity (Wildman–Crippen MR) is 61.1 cm³/mol. The summed E-state index contributed by atoms with van der Waals surface area (Å²) in [6, 6.07) is 0. The van der Waals surface area contributed by atoms with Crippen molar-refractivity contribution in [3.8, 4) is 0 Å². The maximum atomic E-state index is 5.51. The number of hydrogen-bond acceptors (Lipinski definition) is 2. The topological polar surface area (TPSA) is 25.1 Å². The minimum absolute atomic E-state index is 0.690. The van der Waals surface area contributed by atoms with Gasteiger partial charge < -0.3 is 9.47 Å². The molecule has 0 N–H and O–H groups in total. The fraction of sp³-hybridized carbons (Fsp3) is 1.00. The van der Waals surface area contributed by atoms with Crippen molar-refractivity contribution in [3.05, 3.63) is 0 Å². The molecule has 2 nitrogen and oxygen atoms in total. The van der Waals surface area contributed by atoms with E-state index in [4.69, 9.17) is 9.47 Å². The normalized spacial score (nSPS) is 63.4. The van der Waals surface area contributed by atoms with E-state index in [1.807, 2.05) is 0 Å². The highest BCUT2D eigenvalue weighted by molar-refractivity contribution is 5.09. The van der Waals surface area contributed by atoms with Crippen molar-refractivity contribution < 1.29 is 9.47 Å². The van der Waals surface area contributed by atoms with Crippen molar-refractivity contribution in [2.75, 3.05) is 0 Å². The molecule has 5 fully saturated rings. The molecule has 0 aromatic heterocycles. The molecule has 0 amide bonds. The van der Waals surface area contributed by atoms with Crippen LogP contribution in [0.4, 0.5) is 0 Å². The second kappa shape index (κ2) is 3.23. The molecule has 2 bridgehead atoms. The fourth-order valence-electron chi connectivity index (χ4n) is 4.40. The molecular formula is C14H22O2. The molecule has 7 atom stereocenters. The molecule has 2 saturated heterocycles. The van der Waals surface area contributed by atoms with Crippen LogP contribution in [0.25, 0.3) is 0 Å². The van der Waals surface area contributed by atoms with E-state index in [2.05, 4.69) is 13.8 Å². The average molecular weight is 222 g/mol. The van der Waals surface area contributed by atoms with Crippen molar-refractivity contribution in [3.63, 3.8) is 0 Å². The number of rotatable bonds is 0. The van der Waals surface area contributed by atoms with Crippen LogP contribution in [0.3, 0.4) is 0 Å². The van der Waals surface area contributed by atoms with Crippen molar-refractivity contribution >= 4 is 0 Å². The van der Waals surface area contributed by atoms with Gasteiger partial charge in [0.25, 0.3) is 0 Å². The smallest absolute Gasteiger partial charge is 0.0875 e. The van der Waals surface area contributed by atoms with Gasteiger partial charge >= 0.3 is 0 Å². The van der Waals surface area contributed by atoms with E-state index >= 15 is 0 Å². The highest BCUT2D eigenvalue weighted by Crippen LogP contribution is 2.58. The Hall–Kier alpha value is -0.0800. The lowest BCUT2D eigenvalue weighted by Crippen LogP contribution is -2.14. The molecule has 0 spiro atoms. The Morgan fingerprint density at radius 1 is 0.812 bits per heavy atom. The van der Waals surface area contributed by atoms with E-state index < -0.39 is 0 Å². The van der Waals surface area contributed by atoms with Crippen molar-refractivity contribution in [2.45, 2.75) is 63.9 Å². The molecule has 0 radical (unpaired) electrons. The lowest BCUT2D eigenvalue weighted by Gasteiger charge is -2.11. The van der Waals surface area contributed by atoms with Gasteiger partial charge in [0.1, 0.15) is 0 Å². The van der Waals surface area contributed by atoms with E-state index in [9.17, 15) is 0 Å². The fourth-order valence-corrected chi connectivity index (χ4v) is 4.40. The van der Waals surface area contributed by atoms with E-state index in [0.29, 0.717) is 12.2 Å². The van der Waals surface area contributed by atoms with Gasteiger partial charge in [-0.25, -0.2) is 0 Å². The van der Waals surface area contributed by atoms with Crippen LogP contribution in [0, 0.1) is 23.7 Å². The summed E-state index contributed by atoms with van der Waals surface area (Å²) in [5, 5.41) is 0. The summed E-state index contributed by atoms with van der Waals surface area (Å²) in [5.41, 5.74) is 0. The van der Waals surface area contributed by atoms with Crippen LogP contribution >= 0.6 is 0 Å². The standard InChI is InChI=1S/C8H12O.C6H10O/c1-4-2-5-3-6(4)8-7(5)9-8;1-4-2-5-6(3-4)7-5/h4-8H,2-3H2,1H3;4-6H,2-3H2,1H3. The van der Waals surface area contributed by atoms with Gasteiger partial charge in [0, 0.05) is 0 Å². The van der Waals surface area contributed by atoms with Gasteiger partial charge in [-0.15, -0.1) is 0 Å². The van der Waals surface area contributed by atoms with Gasteiger partial charge in [-0.1, -0.05) is 13.8 Å². The monoisotopic (exact) mass is 222 g/mol. The third-order valence-corrected chi connectivity index (χ3v) is 5.39. The van der Waals surface area contributed by atoms with Crippen LogP contribution in [0.1, 0.15) is 39.5 Å². The van der Waals surface area contributed by atoms with Crippen molar-refractivity contribution in [2.24, 2.45) is 23.7 Å². The van der Waals surface area contributed by atoms with E-state index in [1.165, 1.54) is 25.7 Å². The van der Waals surface area contributed by atoms with Crippen LogP contribution in [0.2, 0.25) is 0 Å². The van der Waals surface area contributed by atoms with Gasteiger partial charge in [0.2, 0.25) is 0 Å². The van der Waals surface area contributed by atoms with Crippen molar-refractivity contribution in [1.82, 2.24) is 0 Å². The SMILES string of the molecule is CC1CC2CC1C1OC21.CC1CC2OC2C1. The van der Waals surface area contributed by atoms with Crippen LogP contribution in [0.15, 0.2) is 0 Å². The summed E-state index contributed by atoms with van der Waals surface area (Å²) in [7, 11) is 0. The highest BCUT2D eigenvalue weighted by atomic mass is 16.6. The van der Waals surface area contributed by atoms with Gasteiger partial charge in [-0.05, 0) is 49.4 Å². The average Bonchev–Trinajstić information content (AvgIpc) is 3.09. The first-order valence-electron chi connectivity index (χ1n) is 7.03. The number of epoxide rings is 2. The van der Waals surface area contributed by atoms with E-state index in [0.717, 1.165) is 35.9 Å². The number of ether oxygens (including phenoxy) is 2. The molecule has 90 valence electrons. The van der Waals surface area contributed by atoms with Crippen LogP contribution in [-0.4, -0.2) is 24.4 Å². The molecule has 7 unspecified atom stereocenters. The molecule has 3 saturated carbocycles. The zero-order valence-electron chi connectivity index (χ0n) is 10.3. The van der Waals surface area contributed by atoms with E-state index in [-0.39, 0.29) is 0 Å². The molecule has 5 aliphatic rings.